The Kier molecular flexibility index (Phi) is 5.49. The number of carbonyl (C=O) groups excluding carboxylic acids is 2. The Morgan fingerprint density at radius 1 is 1.31 bits per heavy atom. The van der Waals surface area contributed by atoms with Gasteiger partial charge >= 0.3 is 11.8 Å². The topological polar surface area (TPSA) is 112 Å². The fourth-order valence-electron chi connectivity index (χ4n) is 2.94. The van der Waals surface area contributed by atoms with E-state index in [2.05, 4.69) is 4.98 Å². The van der Waals surface area contributed by atoms with Gasteiger partial charge < -0.3 is 19.6 Å². The zero-order valence-electron chi connectivity index (χ0n) is 16.4. The lowest BCUT2D eigenvalue weighted by atomic mass is 10.0. The van der Waals surface area contributed by atoms with E-state index in [1.54, 1.807) is 38.1 Å². The number of nitro groups is 1. The summed E-state index contributed by atoms with van der Waals surface area (Å²) in [4.78, 5) is 40.9. The lowest BCUT2D eigenvalue weighted by molar-refractivity contribution is -0.389. The molecule has 0 aliphatic carbocycles. The van der Waals surface area contributed by atoms with Crippen LogP contribution in [0.3, 0.4) is 0 Å². The van der Waals surface area contributed by atoms with Crippen LogP contribution in [0.4, 0.5) is 11.6 Å². The summed E-state index contributed by atoms with van der Waals surface area (Å²) in [6.07, 6.45) is 0.712. The lowest BCUT2D eigenvalue weighted by Crippen LogP contribution is -2.52. The summed E-state index contributed by atoms with van der Waals surface area (Å²) in [6.45, 7) is 5.53. The van der Waals surface area contributed by atoms with Gasteiger partial charge in [-0.25, -0.2) is 4.79 Å². The smallest absolute Gasteiger partial charge is 0.366 e. The Hall–Kier alpha value is -3.49. The molecule has 1 aromatic carbocycles. The van der Waals surface area contributed by atoms with E-state index < -0.39 is 22.4 Å². The van der Waals surface area contributed by atoms with Crippen molar-refractivity contribution in [1.29, 1.82) is 0 Å². The Balaban J connectivity index is 1.96. The van der Waals surface area contributed by atoms with Crippen LogP contribution in [0.2, 0.25) is 0 Å². The first kappa shape index (κ1) is 20.2. The first-order valence-corrected chi connectivity index (χ1v) is 9.15. The predicted octanol–water partition coefficient (Wildman–Crippen LogP) is 3.26. The van der Waals surface area contributed by atoms with E-state index in [0.29, 0.717) is 24.2 Å². The minimum Gasteiger partial charge on any atom is -0.472 e. The highest BCUT2D eigenvalue weighted by molar-refractivity contribution is 6.01. The standard InChI is InChI=1S/C20H21N3O6/c1-4-10-28-18(24)14-7-5-6-13(11-14)12-22-17-15(29-20(2,3)19(22)25)8-9-16(21-17)23(26)27/h5-9,11H,4,10,12H2,1-3H3. The van der Waals surface area contributed by atoms with Crippen molar-refractivity contribution < 1.29 is 24.0 Å². The Morgan fingerprint density at radius 3 is 2.76 bits per heavy atom. The Labute approximate surface area is 167 Å². The molecule has 0 atom stereocenters. The van der Waals surface area contributed by atoms with Crippen LogP contribution in [0.1, 0.15) is 43.1 Å². The number of aromatic nitrogens is 1. The third-order valence-electron chi connectivity index (χ3n) is 4.33. The summed E-state index contributed by atoms with van der Waals surface area (Å²) >= 11 is 0. The summed E-state index contributed by atoms with van der Waals surface area (Å²) in [5.74, 6) is -0.878. The third-order valence-corrected chi connectivity index (χ3v) is 4.33. The van der Waals surface area contributed by atoms with Gasteiger partial charge in [-0.3, -0.25) is 9.69 Å². The van der Waals surface area contributed by atoms with Gasteiger partial charge in [0, 0.05) is 6.07 Å². The molecule has 0 saturated carbocycles. The molecular formula is C20H21N3O6. The highest BCUT2D eigenvalue weighted by Crippen LogP contribution is 2.38. The quantitative estimate of drug-likeness (QED) is 0.416. The molecule has 2 aromatic rings. The van der Waals surface area contributed by atoms with Crippen molar-refractivity contribution in [1.82, 2.24) is 4.98 Å². The fraction of sp³-hybridized carbons (Fsp3) is 0.350. The molecule has 9 nitrogen and oxygen atoms in total. The van der Waals surface area contributed by atoms with E-state index in [1.807, 2.05) is 6.92 Å². The van der Waals surface area contributed by atoms with E-state index in [9.17, 15) is 19.7 Å². The molecule has 9 heteroatoms. The van der Waals surface area contributed by atoms with Gasteiger partial charge in [-0.2, -0.15) is 0 Å². The van der Waals surface area contributed by atoms with Crippen molar-refractivity contribution >= 4 is 23.5 Å². The number of benzene rings is 1. The first-order chi connectivity index (χ1) is 13.7. The number of pyridine rings is 1. The van der Waals surface area contributed by atoms with E-state index in [1.165, 1.54) is 17.0 Å². The number of amides is 1. The van der Waals surface area contributed by atoms with Crippen LogP contribution in [0, 0.1) is 10.1 Å². The monoisotopic (exact) mass is 399 g/mol. The van der Waals surface area contributed by atoms with Crippen molar-refractivity contribution in [2.24, 2.45) is 0 Å². The lowest BCUT2D eigenvalue weighted by Gasteiger charge is -2.35. The molecule has 1 aromatic heterocycles. The second-order valence-corrected chi connectivity index (χ2v) is 7.09. The largest absolute Gasteiger partial charge is 0.472 e. The van der Waals surface area contributed by atoms with Gasteiger partial charge in [0.25, 0.3) is 11.7 Å². The molecule has 1 amide bonds. The van der Waals surface area contributed by atoms with Crippen LogP contribution in [0.5, 0.6) is 5.75 Å². The van der Waals surface area contributed by atoms with Crippen molar-refractivity contribution in [3.8, 4) is 5.75 Å². The summed E-state index contributed by atoms with van der Waals surface area (Å²) in [6, 6.07) is 9.36. The van der Waals surface area contributed by atoms with Gasteiger partial charge in [-0.05, 0) is 53.9 Å². The second kappa shape index (κ2) is 7.86. The van der Waals surface area contributed by atoms with Crippen LogP contribution < -0.4 is 9.64 Å². The number of carbonyl (C=O) groups is 2. The molecule has 3 rings (SSSR count). The average molecular weight is 399 g/mol. The first-order valence-electron chi connectivity index (χ1n) is 9.15. The van der Waals surface area contributed by atoms with Crippen molar-refractivity contribution in [3.63, 3.8) is 0 Å². The molecule has 0 unspecified atom stereocenters. The molecule has 29 heavy (non-hydrogen) atoms. The molecule has 0 saturated heterocycles. The zero-order valence-corrected chi connectivity index (χ0v) is 16.4. The van der Waals surface area contributed by atoms with E-state index >= 15 is 0 Å². The molecule has 0 N–H and O–H groups in total. The number of rotatable bonds is 6. The van der Waals surface area contributed by atoms with Crippen molar-refractivity contribution in [3.05, 3.63) is 57.6 Å². The molecule has 0 spiro atoms. The Morgan fingerprint density at radius 2 is 2.07 bits per heavy atom. The van der Waals surface area contributed by atoms with Crippen molar-refractivity contribution in [2.75, 3.05) is 11.5 Å². The normalized spacial score (nSPS) is 14.7. The number of fused-ring (bicyclic) bond motifs is 1. The van der Waals surface area contributed by atoms with Gasteiger partial charge in [0.15, 0.2) is 11.4 Å². The van der Waals surface area contributed by atoms with E-state index in [0.717, 1.165) is 0 Å². The van der Waals surface area contributed by atoms with Gasteiger partial charge in [0.1, 0.15) is 0 Å². The molecule has 0 radical (unpaired) electrons. The van der Waals surface area contributed by atoms with Crippen LogP contribution >= 0.6 is 0 Å². The zero-order chi connectivity index (χ0) is 21.2. The maximum absolute atomic E-state index is 13.0. The van der Waals surface area contributed by atoms with Crippen LogP contribution in [-0.2, 0) is 16.1 Å². The van der Waals surface area contributed by atoms with E-state index in [-0.39, 0.29) is 23.9 Å². The summed E-state index contributed by atoms with van der Waals surface area (Å²) in [5.41, 5.74) is -0.146. The molecule has 2 heterocycles. The molecule has 0 bridgehead atoms. The number of hydrogen-bond donors (Lipinski definition) is 0. The van der Waals surface area contributed by atoms with Crippen LogP contribution in [0.25, 0.3) is 0 Å². The number of esters is 1. The van der Waals surface area contributed by atoms with E-state index in [4.69, 9.17) is 9.47 Å². The number of ether oxygens (including phenoxy) is 2. The van der Waals surface area contributed by atoms with Crippen molar-refractivity contribution in [2.45, 2.75) is 39.3 Å². The maximum Gasteiger partial charge on any atom is 0.366 e. The van der Waals surface area contributed by atoms with Gasteiger partial charge in [-0.15, -0.1) is 0 Å². The van der Waals surface area contributed by atoms with Crippen LogP contribution in [0.15, 0.2) is 36.4 Å². The van der Waals surface area contributed by atoms with Gasteiger partial charge in [0.2, 0.25) is 0 Å². The molecule has 0 fully saturated rings. The number of hydrogen-bond acceptors (Lipinski definition) is 7. The molecule has 1 aliphatic rings. The second-order valence-electron chi connectivity index (χ2n) is 7.09. The SMILES string of the molecule is CCCOC(=O)c1cccc(CN2C(=O)C(C)(C)Oc3ccc([N+](=O)[O-])nc32)c1. The summed E-state index contributed by atoms with van der Waals surface area (Å²) in [5, 5.41) is 11.1. The summed E-state index contributed by atoms with van der Waals surface area (Å²) in [7, 11) is 0. The Bertz CT molecular complexity index is 972. The fourth-order valence-corrected chi connectivity index (χ4v) is 2.94. The highest BCUT2D eigenvalue weighted by Gasteiger charge is 2.44. The maximum atomic E-state index is 13.0. The molecule has 152 valence electrons. The number of anilines is 1. The van der Waals surface area contributed by atoms with Gasteiger partial charge in [-0.1, -0.05) is 19.1 Å². The average Bonchev–Trinajstić information content (AvgIpc) is 2.69. The van der Waals surface area contributed by atoms with Crippen LogP contribution in [-0.4, -0.2) is 34.0 Å². The third kappa shape index (κ3) is 4.18. The minimum absolute atomic E-state index is 0.0711. The van der Waals surface area contributed by atoms with Gasteiger partial charge in [0.05, 0.1) is 18.7 Å². The number of nitrogens with zero attached hydrogens (tertiary/aromatic N) is 3. The minimum atomic E-state index is -1.16. The molecular weight excluding hydrogens is 378 g/mol. The highest BCUT2D eigenvalue weighted by atomic mass is 16.6. The molecule has 1 aliphatic heterocycles. The predicted molar refractivity (Wildman–Crippen MR) is 104 cm³/mol. The summed E-state index contributed by atoms with van der Waals surface area (Å²) < 4.78 is 10.8.